The molecule has 78 valence electrons. The molecule has 1 amide bonds. The van der Waals surface area contributed by atoms with Crippen molar-refractivity contribution < 1.29 is 14.1 Å². The van der Waals surface area contributed by atoms with E-state index in [4.69, 9.17) is 9.26 Å². The van der Waals surface area contributed by atoms with Crippen LogP contribution in [0.25, 0.3) is 0 Å². The van der Waals surface area contributed by atoms with Crippen LogP contribution in [0.5, 0.6) is 5.88 Å². The predicted octanol–water partition coefficient (Wildman–Crippen LogP) is 0.888. The Balaban J connectivity index is 2.23. The smallest absolute Gasteiger partial charge is 0.258 e. The molecule has 1 aromatic rings. The second-order valence-corrected chi connectivity index (χ2v) is 2.91. The average Bonchev–Trinajstić information content (AvgIpc) is 2.58. The molecule has 0 spiro atoms. The fourth-order valence-electron chi connectivity index (χ4n) is 0.867. The van der Waals surface area contributed by atoms with Crippen molar-refractivity contribution in [3.05, 3.63) is 11.8 Å². The molecule has 0 fully saturated rings. The van der Waals surface area contributed by atoms with Crippen LogP contribution < -0.4 is 10.1 Å². The molecule has 5 heteroatoms. The van der Waals surface area contributed by atoms with E-state index in [-0.39, 0.29) is 12.5 Å². The van der Waals surface area contributed by atoms with Gasteiger partial charge in [-0.25, -0.2) is 0 Å². The van der Waals surface area contributed by atoms with Gasteiger partial charge in [0.15, 0.2) is 6.61 Å². The molecule has 0 saturated carbocycles. The minimum atomic E-state index is -0.146. The summed E-state index contributed by atoms with van der Waals surface area (Å²) in [5.74, 6) is 0.857. The van der Waals surface area contributed by atoms with Crippen LogP contribution in [0, 0.1) is 6.92 Å². The lowest BCUT2D eigenvalue weighted by Crippen LogP contribution is -2.29. The van der Waals surface area contributed by atoms with E-state index in [1.807, 2.05) is 6.92 Å². The molecule has 0 bridgehead atoms. The first-order valence-corrected chi connectivity index (χ1v) is 4.55. The van der Waals surface area contributed by atoms with E-state index in [1.54, 1.807) is 13.0 Å². The molecule has 5 nitrogen and oxygen atoms in total. The number of aryl methyl sites for hydroxylation is 1. The highest BCUT2D eigenvalue weighted by molar-refractivity contribution is 5.77. The Kier molecular flexibility index (Phi) is 3.97. The Hall–Kier alpha value is -1.52. The van der Waals surface area contributed by atoms with Crippen LogP contribution in [0.2, 0.25) is 0 Å². The maximum atomic E-state index is 11.1. The first-order chi connectivity index (χ1) is 6.72. The highest BCUT2D eigenvalue weighted by atomic mass is 16.5. The lowest BCUT2D eigenvalue weighted by atomic mass is 10.5. The van der Waals surface area contributed by atoms with Crippen LogP contribution in [-0.2, 0) is 4.79 Å². The Bertz CT molecular complexity index is 296. The van der Waals surface area contributed by atoms with Crippen molar-refractivity contribution in [1.82, 2.24) is 10.5 Å². The second kappa shape index (κ2) is 5.26. The number of nitrogens with zero attached hydrogens (tertiary/aromatic N) is 1. The maximum absolute atomic E-state index is 11.1. The van der Waals surface area contributed by atoms with Crippen molar-refractivity contribution in [2.45, 2.75) is 20.3 Å². The molecule has 1 heterocycles. The molecule has 0 aliphatic rings. The second-order valence-electron chi connectivity index (χ2n) is 2.91. The summed E-state index contributed by atoms with van der Waals surface area (Å²) in [7, 11) is 0. The average molecular weight is 198 g/mol. The minimum absolute atomic E-state index is 0.0219. The quantitative estimate of drug-likeness (QED) is 0.763. The van der Waals surface area contributed by atoms with Crippen LogP contribution in [-0.4, -0.2) is 24.2 Å². The third kappa shape index (κ3) is 3.47. The Labute approximate surface area is 82.4 Å². The van der Waals surface area contributed by atoms with Gasteiger partial charge in [0.05, 0.1) is 0 Å². The standard InChI is InChI=1S/C9H14N2O3/c1-3-4-10-8(12)6-13-9-5-7(2)14-11-9/h5H,3-4,6H2,1-2H3,(H,10,12). The molecule has 0 aliphatic heterocycles. The SMILES string of the molecule is CCCNC(=O)COc1cc(C)on1. The molecule has 0 aliphatic carbocycles. The zero-order valence-electron chi connectivity index (χ0n) is 8.37. The molecular formula is C9H14N2O3. The molecule has 0 radical (unpaired) electrons. The van der Waals surface area contributed by atoms with Crippen molar-refractivity contribution in [2.75, 3.05) is 13.2 Å². The fourth-order valence-corrected chi connectivity index (χ4v) is 0.867. The fraction of sp³-hybridized carbons (Fsp3) is 0.556. The molecule has 1 aromatic heterocycles. The van der Waals surface area contributed by atoms with Gasteiger partial charge in [0.25, 0.3) is 11.8 Å². The van der Waals surface area contributed by atoms with Gasteiger partial charge in [-0.1, -0.05) is 6.92 Å². The van der Waals surface area contributed by atoms with Crippen molar-refractivity contribution in [3.63, 3.8) is 0 Å². The number of rotatable bonds is 5. The number of aromatic nitrogens is 1. The summed E-state index contributed by atoms with van der Waals surface area (Å²) in [6.45, 7) is 4.39. The number of carbonyl (C=O) groups excluding carboxylic acids is 1. The summed E-state index contributed by atoms with van der Waals surface area (Å²) in [5, 5.41) is 6.28. The van der Waals surface area contributed by atoms with E-state index in [9.17, 15) is 4.79 Å². The van der Waals surface area contributed by atoms with E-state index < -0.39 is 0 Å². The predicted molar refractivity (Wildman–Crippen MR) is 50.0 cm³/mol. The summed E-state index contributed by atoms with van der Waals surface area (Å²) in [4.78, 5) is 11.1. The zero-order chi connectivity index (χ0) is 10.4. The first-order valence-electron chi connectivity index (χ1n) is 4.55. The zero-order valence-corrected chi connectivity index (χ0v) is 8.37. The molecular weight excluding hydrogens is 184 g/mol. The highest BCUT2D eigenvalue weighted by Gasteiger charge is 2.04. The van der Waals surface area contributed by atoms with E-state index >= 15 is 0 Å². The Morgan fingerprint density at radius 1 is 1.71 bits per heavy atom. The molecule has 1 N–H and O–H groups in total. The van der Waals surface area contributed by atoms with Crippen LogP contribution in [0.3, 0.4) is 0 Å². The van der Waals surface area contributed by atoms with Crippen LogP contribution in [0.15, 0.2) is 10.6 Å². The molecule has 14 heavy (non-hydrogen) atoms. The van der Waals surface area contributed by atoms with E-state index in [0.29, 0.717) is 18.2 Å². The summed E-state index contributed by atoms with van der Waals surface area (Å²) >= 11 is 0. The number of hydrogen-bond acceptors (Lipinski definition) is 4. The summed E-state index contributed by atoms with van der Waals surface area (Å²) in [6, 6.07) is 1.63. The maximum Gasteiger partial charge on any atom is 0.258 e. The number of carbonyl (C=O) groups is 1. The third-order valence-electron chi connectivity index (χ3n) is 1.53. The van der Waals surface area contributed by atoms with E-state index in [0.717, 1.165) is 6.42 Å². The number of ether oxygens (including phenoxy) is 1. The lowest BCUT2D eigenvalue weighted by molar-refractivity contribution is -0.123. The van der Waals surface area contributed by atoms with Gasteiger partial charge in [-0.05, 0) is 18.5 Å². The van der Waals surface area contributed by atoms with Gasteiger partial charge < -0.3 is 14.6 Å². The Morgan fingerprint density at radius 3 is 3.07 bits per heavy atom. The molecule has 0 saturated heterocycles. The number of amides is 1. The van der Waals surface area contributed by atoms with Crippen molar-refractivity contribution in [1.29, 1.82) is 0 Å². The summed E-state index contributed by atoms with van der Waals surface area (Å²) in [6.07, 6.45) is 0.912. The van der Waals surface area contributed by atoms with Crippen molar-refractivity contribution in [3.8, 4) is 5.88 Å². The van der Waals surface area contributed by atoms with Crippen LogP contribution >= 0.6 is 0 Å². The van der Waals surface area contributed by atoms with Gasteiger partial charge in [0, 0.05) is 12.6 Å². The summed E-state index contributed by atoms with van der Waals surface area (Å²) < 4.78 is 9.84. The first kappa shape index (κ1) is 10.6. The molecule has 0 atom stereocenters. The highest BCUT2D eigenvalue weighted by Crippen LogP contribution is 2.08. The van der Waals surface area contributed by atoms with Crippen molar-refractivity contribution >= 4 is 5.91 Å². The van der Waals surface area contributed by atoms with Gasteiger partial charge >= 0.3 is 0 Å². The summed E-state index contributed by atoms with van der Waals surface area (Å²) in [5.41, 5.74) is 0. The topological polar surface area (TPSA) is 64.4 Å². The van der Waals surface area contributed by atoms with Gasteiger partial charge in [-0.3, -0.25) is 4.79 Å². The third-order valence-corrected chi connectivity index (χ3v) is 1.53. The van der Waals surface area contributed by atoms with E-state index in [2.05, 4.69) is 10.5 Å². The molecule has 1 rings (SSSR count). The van der Waals surface area contributed by atoms with Crippen molar-refractivity contribution in [2.24, 2.45) is 0 Å². The van der Waals surface area contributed by atoms with E-state index in [1.165, 1.54) is 0 Å². The van der Waals surface area contributed by atoms with Gasteiger partial charge in [0.2, 0.25) is 0 Å². The number of hydrogen-bond donors (Lipinski definition) is 1. The number of nitrogens with one attached hydrogen (secondary N) is 1. The normalized spacial score (nSPS) is 9.86. The molecule has 0 unspecified atom stereocenters. The molecule has 0 aromatic carbocycles. The van der Waals surface area contributed by atoms with Gasteiger partial charge in [-0.2, -0.15) is 0 Å². The lowest BCUT2D eigenvalue weighted by Gasteiger charge is -2.02. The van der Waals surface area contributed by atoms with Gasteiger partial charge in [-0.15, -0.1) is 0 Å². The monoisotopic (exact) mass is 198 g/mol. The largest absolute Gasteiger partial charge is 0.465 e. The Morgan fingerprint density at radius 2 is 2.50 bits per heavy atom. The van der Waals surface area contributed by atoms with Gasteiger partial charge in [0.1, 0.15) is 5.76 Å². The van der Waals surface area contributed by atoms with Crippen LogP contribution in [0.1, 0.15) is 19.1 Å². The minimum Gasteiger partial charge on any atom is -0.465 e. The van der Waals surface area contributed by atoms with Crippen LogP contribution in [0.4, 0.5) is 0 Å².